The molecule has 1 aromatic heterocycles. The van der Waals surface area contributed by atoms with Gasteiger partial charge in [0.15, 0.2) is 0 Å². The molecule has 0 radical (unpaired) electrons. The maximum atomic E-state index is 6.44. The van der Waals surface area contributed by atoms with E-state index in [1.165, 1.54) is 4.68 Å². The number of rotatable bonds is 3. The van der Waals surface area contributed by atoms with Crippen LogP contribution in [0.1, 0.15) is 20.8 Å². The van der Waals surface area contributed by atoms with Crippen molar-refractivity contribution >= 4 is 29.1 Å². The molecule has 1 aromatic carbocycles. The van der Waals surface area contributed by atoms with Crippen LogP contribution < -0.4 is 4.74 Å². The van der Waals surface area contributed by atoms with E-state index in [2.05, 4.69) is 10.3 Å². The lowest BCUT2D eigenvalue weighted by Crippen LogP contribution is -2.15. The van der Waals surface area contributed by atoms with E-state index in [1.807, 2.05) is 20.8 Å². The summed E-state index contributed by atoms with van der Waals surface area (Å²) in [6.45, 7) is 5.99. The van der Waals surface area contributed by atoms with E-state index >= 15 is 0 Å². The predicted molar refractivity (Wildman–Crippen MR) is 80.6 cm³/mol. The van der Waals surface area contributed by atoms with Crippen molar-refractivity contribution in [2.24, 2.45) is 5.41 Å². The van der Waals surface area contributed by atoms with E-state index in [9.17, 15) is 0 Å². The van der Waals surface area contributed by atoms with E-state index < -0.39 is 0 Å². The molecule has 0 unspecified atom stereocenters. The van der Waals surface area contributed by atoms with Crippen molar-refractivity contribution in [1.82, 2.24) is 15.0 Å². The molecule has 0 fully saturated rings. The Hall–Kier alpha value is -1.52. The maximum absolute atomic E-state index is 6.44. The van der Waals surface area contributed by atoms with Gasteiger partial charge in [-0.25, -0.2) is 0 Å². The number of halogens is 2. The van der Waals surface area contributed by atoms with Gasteiger partial charge in [0.25, 0.3) is 0 Å². The summed E-state index contributed by atoms with van der Waals surface area (Å²) in [5, 5.41) is 8.92. The largest absolute Gasteiger partial charge is 0.438 e. The second-order valence-corrected chi connectivity index (χ2v) is 6.09. The van der Waals surface area contributed by atoms with Gasteiger partial charge < -0.3 is 4.74 Å². The molecule has 0 aliphatic rings. The monoisotopic (exact) mass is 311 g/mol. The summed E-state index contributed by atoms with van der Waals surface area (Å²) in [7, 11) is 0. The van der Waals surface area contributed by atoms with Gasteiger partial charge in [0, 0.05) is 10.4 Å². The first kappa shape index (κ1) is 14.9. The van der Waals surface area contributed by atoms with Crippen LogP contribution in [-0.4, -0.2) is 15.0 Å². The molecule has 0 amide bonds. The highest BCUT2D eigenvalue weighted by atomic mass is 35.5. The summed E-state index contributed by atoms with van der Waals surface area (Å²) < 4.78 is 7.35. The Labute approximate surface area is 128 Å². The Balaban J connectivity index is 2.41. The van der Waals surface area contributed by atoms with Gasteiger partial charge >= 0.3 is 0 Å². The first-order valence-electron chi connectivity index (χ1n) is 6.08. The molecule has 0 bridgehead atoms. The zero-order valence-corrected chi connectivity index (χ0v) is 13.0. The van der Waals surface area contributed by atoms with Crippen LogP contribution in [0.3, 0.4) is 0 Å². The molecule has 0 spiro atoms. The second-order valence-electron chi connectivity index (χ2n) is 5.27. The van der Waals surface area contributed by atoms with Gasteiger partial charge in [-0.2, -0.15) is 4.68 Å². The molecule has 0 aliphatic carbocycles. The highest BCUT2D eigenvalue weighted by Gasteiger charge is 2.23. The molecule has 1 heterocycles. The van der Waals surface area contributed by atoms with Gasteiger partial charge in [0.1, 0.15) is 5.75 Å². The summed E-state index contributed by atoms with van der Waals surface area (Å²) in [6.07, 6.45) is 3.25. The number of hydrogen-bond acceptors (Lipinski definition) is 3. The number of benzene rings is 1. The number of hydrogen-bond donors (Lipinski definition) is 0. The van der Waals surface area contributed by atoms with Crippen molar-refractivity contribution in [1.29, 1.82) is 0 Å². The van der Waals surface area contributed by atoms with Crippen LogP contribution >= 0.6 is 23.2 Å². The first-order valence-corrected chi connectivity index (χ1v) is 6.84. The third-order valence-electron chi connectivity index (χ3n) is 2.51. The van der Waals surface area contributed by atoms with Crippen molar-refractivity contribution in [3.05, 3.63) is 46.7 Å². The maximum Gasteiger partial charge on any atom is 0.237 e. The van der Waals surface area contributed by atoms with Gasteiger partial charge in [0.2, 0.25) is 5.88 Å². The van der Waals surface area contributed by atoms with E-state index in [0.717, 1.165) is 0 Å². The Morgan fingerprint density at radius 2 is 1.85 bits per heavy atom. The fourth-order valence-corrected chi connectivity index (χ4v) is 1.69. The standard InChI is InChI=1S/C14H15Cl2N3O/c1-14(2,3)12(16)13(19-9-8-17-18-19)20-11-6-4-10(15)5-7-11/h4-9H,1-3H3. The van der Waals surface area contributed by atoms with Crippen LogP contribution in [0.5, 0.6) is 5.75 Å². The minimum absolute atomic E-state index is 0.269. The van der Waals surface area contributed by atoms with E-state index in [0.29, 0.717) is 21.7 Å². The number of nitrogens with zero attached hydrogens (tertiary/aromatic N) is 3. The Bertz CT molecular complexity index is 598. The topological polar surface area (TPSA) is 39.9 Å². The molecule has 0 saturated heterocycles. The Morgan fingerprint density at radius 3 is 2.35 bits per heavy atom. The molecule has 2 rings (SSSR count). The van der Waals surface area contributed by atoms with Crippen LogP contribution in [0, 0.1) is 5.41 Å². The lowest BCUT2D eigenvalue weighted by molar-refractivity contribution is 0.435. The lowest BCUT2D eigenvalue weighted by atomic mass is 9.96. The van der Waals surface area contributed by atoms with E-state index in [1.54, 1.807) is 36.7 Å². The van der Waals surface area contributed by atoms with Crippen LogP contribution in [0.4, 0.5) is 0 Å². The normalized spacial score (nSPS) is 13.1. The third kappa shape index (κ3) is 3.52. The van der Waals surface area contributed by atoms with E-state index in [-0.39, 0.29) is 5.41 Å². The summed E-state index contributed by atoms with van der Waals surface area (Å²) in [5.41, 5.74) is -0.269. The smallest absolute Gasteiger partial charge is 0.237 e. The van der Waals surface area contributed by atoms with Gasteiger partial charge in [-0.05, 0) is 24.3 Å². The molecular formula is C14H15Cl2N3O. The minimum Gasteiger partial charge on any atom is -0.438 e. The molecule has 4 nitrogen and oxygen atoms in total. The minimum atomic E-state index is -0.269. The van der Waals surface area contributed by atoms with Crippen molar-refractivity contribution in [2.45, 2.75) is 20.8 Å². The summed E-state index contributed by atoms with van der Waals surface area (Å²) >= 11 is 12.3. The molecule has 20 heavy (non-hydrogen) atoms. The second kappa shape index (κ2) is 5.85. The van der Waals surface area contributed by atoms with Gasteiger partial charge in [-0.1, -0.05) is 49.2 Å². The van der Waals surface area contributed by atoms with Gasteiger partial charge in [-0.3, -0.25) is 0 Å². The lowest BCUT2D eigenvalue weighted by Gasteiger charge is -2.21. The number of ether oxygens (including phenoxy) is 1. The summed E-state index contributed by atoms with van der Waals surface area (Å²) in [4.78, 5) is 0. The zero-order valence-electron chi connectivity index (χ0n) is 11.5. The highest BCUT2D eigenvalue weighted by molar-refractivity contribution is 6.32. The fraction of sp³-hybridized carbons (Fsp3) is 0.286. The summed E-state index contributed by atoms with van der Waals surface area (Å²) in [5.74, 6) is 1.06. The quantitative estimate of drug-likeness (QED) is 0.788. The molecule has 2 aromatic rings. The molecule has 0 atom stereocenters. The van der Waals surface area contributed by atoms with E-state index in [4.69, 9.17) is 27.9 Å². The number of allylic oxidation sites excluding steroid dienone is 1. The Morgan fingerprint density at radius 1 is 1.20 bits per heavy atom. The van der Waals surface area contributed by atoms with Crippen LogP contribution in [0.15, 0.2) is 41.7 Å². The van der Waals surface area contributed by atoms with Crippen LogP contribution in [-0.2, 0) is 0 Å². The van der Waals surface area contributed by atoms with Crippen LogP contribution in [0.25, 0.3) is 5.88 Å². The average Bonchev–Trinajstić information content (AvgIpc) is 2.90. The third-order valence-corrected chi connectivity index (χ3v) is 3.49. The fourth-order valence-electron chi connectivity index (χ4n) is 1.44. The molecule has 106 valence electrons. The molecule has 6 heteroatoms. The van der Waals surface area contributed by atoms with Gasteiger partial charge in [-0.15, -0.1) is 5.10 Å². The number of aromatic nitrogens is 3. The zero-order chi connectivity index (χ0) is 14.8. The van der Waals surface area contributed by atoms with Gasteiger partial charge in [0.05, 0.1) is 17.4 Å². The average molecular weight is 312 g/mol. The molecule has 0 N–H and O–H groups in total. The van der Waals surface area contributed by atoms with Crippen LogP contribution in [0.2, 0.25) is 5.02 Å². The van der Waals surface area contributed by atoms with Crippen molar-refractivity contribution in [3.63, 3.8) is 0 Å². The molecular weight excluding hydrogens is 297 g/mol. The van der Waals surface area contributed by atoms with Crippen molar-refractivity contribution in [3.8, 4) is 5.75 Å². The SMILES string of the molecule is CC(C)(C)C(Cl)=C(Oc1ccc(Cl)cc1)n1ccnn1. The van der Waals surface area contributed by atoms with Crippen molar-refractivity contribution < 1.29 is 4.74 Å². The molecule has 0 aliphatic heterocycles. The first-order chi connectivity index (χ1) is 9.38. The predicted octanol–water partition coefficient (Wildman–Crippen LogP) is 4.42. The molecule has 0 saturated carbocycles. The Kier molecular flexibility index (Phi) is 4.35. The van der Waals surface area contributed by atoms with Crippen molar-refractivity contribution in [2.75, 3.05) is 0 Å². The summed E-state index contributed by atoms with van der Waals surface area (Å²) in [6, 6.07) is 7.04. The highest BCUT2D eigenvalue weighted by Crippen LogP contribution is 2.34.